The molecule has 1 amide bonds. The maximum absolute atomic E-state index is 13.4. The number of benzene rings is 3. The van der Waals surface area contributed by atoms with Gasteiger partial charge in [-0.15, -0.1) is 0 Å². The lowest BCUT2D eigenvalue weighted by Gasteiger charge is -2.22. The summed E-state index contributed by atoms with van der Waals surface area (Å²) >= 11 is 0. The molecule has 0 aliphatic carbocycles. The van der Waals surface area contributed by atoms with Crippen molar-refractivity contribution in [2.24, 2.45) is 0 Å². The molecule has 0 spiro atoms. The van der Waals surface area contributed by atoms with Crippen molar-refractivity contribution in [3.63, 3.8) is 0 Å². The standard InChI is InChI=1S/C24H23F3N2O4S/c1-17-14-21(12-13-22(17)33-2)34(31,32)29(15-18-6-4-3-5-7-18)16-23(30)28-20-10-8-19(9-11-20)24(25,26)27/h3-14H,15-16H2,1-2H3,(H,28,30). The van der Waals surface area contributed by atoms with Crippen LogP contribution in [0.15, 0.2) is 77.7 Å². The Morgan fingerprint density at radius 3 is 2.21 bits per heavy atom. The fourth-order valence-electron chi connectivity index (χ4n) is 3.28. The third kappa shape index (κ3) is 6.15. The Balaban J connectivity index is 1.85. The van der Waals surface area contributed by atoms with Crippen LogP contribution in [0.1, 0.15) is 16.7 Å². The molecular formula is C24H23F3N2O4S. The molecule has 0 saturated carbocycles. The Morgan fingerprint density at radius 2 is 1.65 bits per heavy atom. The second-order valence-electron chi connectivity index (χ2n) is 7.51. The van der Waals surface area contributed by atoms with Gasteiger partial charge in [0.05, 0.1) is 24.1 Å². The molecule has 3 aromatic rings. The van der Waals surface area contributed by atoms with Crippen LogP contribution in [-0.4, -0.2) is 32.3 Å². The first-order valence-corrected chi connectivity index (χ1v) is 11.6. The maximum Gasteiger partial charge on any atom is 0.416 e. The number of ether oxygens (including phenoxy) is 1. The topological polar surface area (TPSA) is 75.7 Å². The average Bonchev–Trinajstić information content (AvgIpc) is 2.79. The number of carbonyl (C=O) groups excluding carboxylic acids is 1. The number of amides is 1. The number of sulfonamides is 1. The molecule has 6 nitrogen and oxygen atoms in total. The SMILES string of the molecule is COc1ccc(S(=O)(=O)N(CC(=O)Nc2ccc(C(F)(F)F)cc2)Cc2ccccc2)cc1C. The highest BCUT2D eigenvalue weighted by atomic mass is 32.2. The Labute approximate surface area is 196 Å². The zero-order valence-corrected chi connectivity index (χ0v) is 19.3. The molecule has 3 aromatic carbocycles. The van der Waals surface area contributed by atoms with Gasteiger partial charge in [-0.05, 0) is 60.5 Å². The van der Waals surface area contributed by atoms with Crippen LogP contribution in [0.5, 0.6) is 5.75 Å². The molecule has 0 bridgehead atoms. The number of rotatable bonds is 8. The Morgan fingerprint density at radius 1 is 1.00 bits per heavy atom. The van der Waals surface area contributed by atoms with E-state index in [0.717, 1.165) is 28.6 Å². The van der Waals surface area contributed by atoms with E-state index in [2.05, 4.69) is 5.32 Å². The third-order valence-corrected chi connectivity index (χ3v) is 6.81. The number of carbonyl (C=O) groups is 1. The summed E-state index contributed by atoms with van der Waals surface area (Å²) in [6.07, 6.45) is -4.50. The van der Waals surface area contributed by atoms with Crippen molar-refractivity contribution in [1.82, 2.24) is 4.31 Å². The molecular weight excluding hydrogens is 469 g/mol. The Hall–Kier alpha value is -3.37. The normalized spacial score (nSPS) is 11.9. The number of nitrogens with one attached hydrogen (secondary N) is 1. The first-order chi connectivity index (χ1) is 16.0. The van der Waals surface area contributed by atoms with Gasteiger partial charge >= 0.3 is 6.18 Å². The van der Waals surface area contributed by atoms with Crippen LogP contribution in [0.2, 0.25) is 0 Å². The summed E-state index contributed by atoms with van der Waals surface area (Å²) in [5.41, 5.74) is 0.542. The van der Waals surface area contributed by atoms with Gasteiger partial charge in [-0.2, -0.15) is 17.5 Å². The minimum atomic E-state index is -4.50. The monoisotopic (exact) mass is 492 g/mol. The fraction of sp³-hybridized carbons (Fsp3) is 0.208. The summed E-state index contributed by atoms with van der Waals surface area (Å²) in [6.45, 7) is 1.09. The van der Waals surface area contributed by atoms with E-state index in [-0.39, 0.29) is 17.1 Å². The molecule has 10 heteroatoms. The summed E-state index contributed by atoms with van der Waals surface area (Å²) in [6, 6.07) is 17.0. The average molecular weight is 493 g/mol. The molecule has 0 radical (unpaired) electrons. The predicted molar refractivity (Wildman–Crippen MR) is 122 cm³/mol. The molecule has 0 aliphatic heterocycles. The summed E-state index contributed by atoms with van der Waals surface area (Å²) in [7, 11) is -2.62. The highest BCUT2D eigenvalue weighted by Crippen LogP contribution is 2.30. The molecule has 1 N–H and O–H groups in total. The van der Waals surface area contributed by atoms with E-state index >= 15 is 0 Å². The number of hydrogen-bond donors (Lipinski definition) is 1. The van der Waals surface area contributed by atoms with Crippen LogP contribution >= 0.6 is 0 Å². The zero-order chi connectivity index (χ0) is 24.9. The van der Waals surface area contributed by atoms with Crippen molar-refractivity contribution in [2.75, 3.05) is 19.0 Å². The van der Waals surface area contributed by atoms with Gasteiger partial charge in [0, 0.05) is 12.2 Å². The highest BCUT2D eigenvalue weighted by Gasteiger charge is 2.30. The third-order valence-electron chi connectivity index (χ3n) is 5.02. The Kier molecular flexibility index (Phi) is 7.63. The molecule has 180 valence electrons. The molecule has 0 aliphatic rings. The zero-order valence-electron chi connectivity index (χ0n) is 18.5. The predicted octanol–water partition coefficient (Wildman–Crippen LogP) is 4.85. The van der Waals surface area contributed by atoms with E-state index in [0.29, 0.717) is 16.9 Å². The van der Waals surface area contributed by atoms with Gasteiger partial charge in [-0.25, -0.2) is 8.42 Å². The molecule has 3 rings (SSSR count). The molecule has 0 atom stereocenters. The van der Waals surface area contributed by atoms with Crippen LogP contribution < -0.4 is 10.1 Å². The number of halogens is 3. The number of anilines is 1. The van der Waals surface area contributed by atoms with Crippen molar-refractivity contribution >= 4 is 21.6 Å². The van der Waals surface area contributed by atoms with Crippen molar-refractivity contribution in [3.05, 3.63) is 89.5 Å². The second-order valence-corrected chi connectivity index (χ2v) is 9.45. The number of nitrogens with zero attached hydrogens (tertiary/aromatic N) is 1. The van der Waals surface area contributed by atoms with Crippen LogP contribution in [0.25, 0.3) is 0 Å². The van der Waals surface area contributed by atoms with Gasteiger partial charge in [0.1, 0.15) is 5.75 Å². The largest absolute Gasteiger partial charge is 0.496 e. The van der Waals surface area contributed by atoms with Crippen molar-refractivity contribution < 1.29 is 31.1 Å². The van der Waals surface area contributed by atoms with E-state index in [9.17, 15) is 26.4 Å². The fourth-order valence-corrected chi connectivity index (χ4v) is 4.75. The Bertz CT molecular complexity index is 1250. The van der Waals surface area contributed by atoms with E-state index in [1.54, 1.807) is 37.3 Å². The van der Waals surface area contributed by atoms with Crippen LogP contribution in [0, 0.1) is 6.92 Å². The number of hydrogen-bond acceptors (Lipinski definition) is 4. The molecule has 0 fully saturated rings. The van der Waals surface area contributed by atoms with Crippen molar-refractivity contribution in [3.8, 4) is 5.75 Å². The minimum absolute atomic E-state index is 0.0101. The van der Waals surface area contributed by atoms with Gasteiger partial charge in [0.25, 0.3) is 0 Å². The number of aryl methyl sites for hydroxylation is 1. The maximum atomic E-state index is 13.4. The molecule has 34 heavy (non-hydrogen) atoms. The smallest absolute Gasteiger partial charge is 0.416 e. The van der Waals surface area contributed by atoms with Gasteiger partial charge < -0.3 is 10.1 Å². The molecule has 0 heterocycles. The first kappa shape index (κ1) is 25.3. The van der Waals surface area contributed by atoms with Crippen molar-refractivity contribution in [2.45, 2.75) is 24.5 Å². The van der Waals surface area contributed by atoms with Crippen LogP contribution in [0.3, 0.4) is 0 Å². The molecule has 0 saturated heterocycles. The van der Waals surface area contributed by atoms with Gasteiger partial charge in [0.2, 0.25) is 15.9 Å². The summed E-state index contributed by atoms with van der Waals surface area (Å²) < 4.78 is 71.3. The lowest BCUT2D eigenvalue weighted by molar-refractivity contribution is -0.137. The van der Waals surface area contributed by atoms with Gasteiger partial charge in [-0.1, -0.05) is 30.3 Å². The van der Waals surface area contributed by atoms with E-state index in [1.165, 1.54) is 25.3 Å². The number of methoxy groups -OCH3 is 1. The van der Waals surface area contributed by atoms with Gasteiger partial charge in [0.15, 0.2) is 0 Å². The van der Waals surface area contributed by atoms with Crippen LogP contribution in [-0.2, 0) is 27.5 Å². The van der Waals surface area contributed by atoms with E-state index < -0.39 is 34.2 Å². The van der Waals surface area contributed by atoms with Crippen LogP contribution in [0.4, 0.5) is 18.9 Å². The van der Waals surface area contributed by atoms with E-state index in [4.69, 9.17) is 4.74 Å². The molecule has 0 aromatic heterocycles. The minimum Gasteiger partial charge on any atom is -0.496 e. The summed E-state index contributed by atoms with van der Waals surface area (Å²) in [5, 5.41) is 2.46. The summed E-state index contributed by atoms with van der Waals surface area (Å²) in [4.78, 5) is 12.7. The van der Waals surface area contributed by atoms with Gasteiger partial charge in [-0.3, -0.25) is 4.79 Å². The second kappa shape index (κ2) is 10.3. The van der Waals surface area contributed by atoms with Crippen molar-refractivity contribution in [1.29, 1.82) is 0 Å². The lowest BCUT2D eigenvalue weighted by Crippen LogP contribution is -2.37. The highest BCUT2D eigenvalue weighted by molar-refractivity contribution is 7.89. The molecule has 0 unspecified atom stereocenters. The quantitative estimate of drug-likeness (QED) is 0.488. The number of alkyl halides is 3. The summed E-state index contributed by atoms with van der Waals surface area (Å²) in [5.74, 6) is -0.168. The lowest BCUT2D eigenvalue weighted by atomic mass is 10.2. The first-order valence-electron chi connectivity index (χ1n) is 10.2. The van der Waals surface area contributed by atoms with E-state index in [1.807, 2.05) is 0 Å².